The van der Waals surface area contributed by atoms with Crippen molar-refractivity contribution < 1.29 is 24.5 Å². The number of aromatic nitrogens is 1. The number of H-pyrrole nitrogens is 1. The summed E-state index contributed by atoms with van der Waals surface area (Å²) in [6.45, 7) is 4.69. The van der Waals surface area contributed by atoms with Gasteiger partial charge >= 0.3 is 6.09 Å². The minimum Gasteiger partial charge on any atom is -0.491 e. The zero-order valence-electron chi connectivity index (χ0n) is 18.5. The number of aryl methyl sites for hydroxylation is 1. The lowest BCUT2D eigenvalue weighted by molar-refractivity contribution is 0.0536. The molecule has 2 atom stereocenters. The van der Waals surface area contributed by atoms with E-state index in [0.717, 1.165) is 29.6 Å². The maximum Gasteiger partial charge on any atom is 0.410 e. The highest BCUT2D eigenvalue weighted by Crippen LogP contribution is 2.39. The van der Waals surface area contributed by atoms with E-state index in [1.165, 1.54) is 16.5 Å². The number of hydrogen-bond donors (Lipinski definition) is 3. The summed E-state index contributed by atoms with van der Waals surface area (Å²) in [5.74, 6) is 0.588. The Morgan fingerprint density at radius 3 is 2.75 bits per heavy atom. The molecule has 2 unspecified atom stereocenters. The lowest BCUT2D eigenvalue weighted by Gasteiger charge is -2.35. The number of ether oxygens (including phenoxy) is 2. The van der Waals surface area contributed by atoms with Crippen LogP contribution in [0.4, 0.5) is 4.79 Å². The molecule has 0 saturated carbocycles. The molecule has 1 amide bonds. The van der Waals surface area contributed by atoms with Gasteiger partial charge in [-0.05, 0) is 55.2 Å². The Balaban J connectivity index is 1.70. The van der Waals surface area contributed by atoms with Gasteiger partial charge in [-0.3, -0.25) is 4.90 Å². The molecule has 2 heterocycles. The molecule has 1 aromatic heterocycles. The van der Waals surface area contributed by atoms with Crippen molar-refractivity contribution >= 4 is 17.0 Å². The van der Waals surface area contributed by atoms with Gasteiger partial charge < -0.3 is 24.7 Å². The van der Waals surface area contributed by atoms with Crippen LogP contribution in [0.2, 0.25) is 0 Å². The van der Waals surface area contributed by atoms with Gasteiger partial charge in [0, 0.05) is 23.1 Å². The molecule has 4 rings (SSSR count). The molecule has 7 heteroatoms. The largest absolute Gasteiger partial charge is 0.491 e. The van der Waals surface area contributed by atoms with Gasteiger partial charge in [-0.2, -0.15) is 0 Å². The average Bonchev–Trinajstić information content (AvgIpc) is 3.18. The first kappa shape index (κ1) is 22.2. The number of nitrogens with zero attached hydrogens (tertiary/aromatic N) is 1. The molecule has 0 saturated heterocycles. The lowest BCUT2D eigenvalue weighted by atomic mass is 9.92. The first-order valence-electron chi connectivity index (χ1n) is 11.1. The smallest absolute Gasteiger partial charge is 0.410 e. The fourth-order valence-electron chi connectivity index (χ4n) is 4.21. The van der Waals surface area contributed by atoms with Gasteiger partial charge in [0.15, 0.2) is 0 Å². The summed E-state index contributed by atoms with van der Waals surface area (Å²) in [6, 6.07) is 13.5. The molecular formula is C25H30N2O5. The van der Waals surface area contributed by atoms with E-state index in [0.29, 0.717) is 18.9 Å². The van der Waals surface area contributed by atoms with Crippen molar-refractivity contribution in [2.45, 2.75) is 38.8 Å². The molecule has 0 fully saturated rings. The van der Waals surface area contributed by atoms with Crippen molar-refractivity contribution in [1.29, 1.82) is 0 Å². The molecule has 2 aromatic carbocycles. The number of aromatic amines is 1. The van der Waals surface area contributed by atoms with Crippen LogP contribution in [-0.4, -0.2) is 58.7 Å². The van der Waals surface area contributed by atoms with Crippen molar-refractivity contribution in [3.63, 3.8) is 0 Å². The van der Waals surface area contributed by atoms with Crippen LogP contribution < -0.4 is 4.74 Å². The second-order valence-corrected chi connectivity index (χ2v) is 8.24. The number of rotatable bonds is 7. The predicted molar refractivity (Wildman–Crippen MR) is 122 cm³/mol. The third-order valence-corrected chi connectivity index (χ3v) is 5.80. The normalized spacial score (nSPS) is 16.6. The van der Waals surface area contributed by atoms with Crippen LogP contribution in [0, 0.1) is 6.92 Å². The van der Waals surface area contributed by atoms with Crippen molar-refractivity contribution in [1.82, 2.24) is 9.88 Å². The SMILES string of the molecule is CCCOC(=O)N1CCc2c([nH]c3ccc(C)cc23)C1c1ccc(OCC(O)CO)cc1. The molecule has 3 N–H and O–H groups in total. The Labute approximate surface area is 187 Å². The molecule has 0 bridgehead atoms. The van der Waals surface area contributed by atoms with Gasteiger partial charge in [0.2, 0.25) is 0 Å². The molecule has 3 aromatic rings. The lowest BCUT2D eigenvalue weighted by Crippen LogP contribution is -2.41. The summed E-state index contributed by atoms with van der Waals surface area (Å²) in [5, 5.41) is 19.7. The molecular weight excluding hydrogens is 408 g/mol. The number of benzene rings is 2. The van der Waals surface area contributed by atoms with Crippen LogP contribution in [0.5, 0.6) is 5.75 Å². The first-order chi connectivity index (χ1) is 15.5. The quantitative estimate of drug-likeness (QED) is 0.523. The molecule has 7 nitrogen and oxygen atoms in total. The minimum absolute atomic E-state index is 0.0141. The summed E-state index contributed by atoms with van der Waals surface area (Å²) in [7, 11) is 0. The van der Waals surface area contributed by atoms with Crippen molar-refractivity contribution in [3.8, 4) is 5.75 Å². The molecule has 0 aliphatic carbocycles. The molecule has 0 radical (unpaired) electrons. The Morgan fingerprint density at radius 2 is 2.03 bits per heavy atom. The van der Waals surface area contributed by atoms with Crippen LogP contribution in [0.1, 0.15) is 41.8 Å². The third kappa shape index (κ3) is 4.45. The van der Waals surface area contributed by atoms with Gasteiger partial charge in [-0.1, -0.05) is 30.7 Å². The van der Waals surface area contributed by atoms with E-state index in [9.17, 15) is 9.90 Å². The highest BCUT2D eigenvalue weighted by Gasteiger charge is 2.35. The van der Waals surface area contributed by atoms with E-state index in [4.69, 9.17) is 14.6 Å². The number of amides is 1. The first-order valence-corrected chi connectivity index (χ1v) is 11.1. The maximum absolute atomic E-state index is 12.9. The van der Waals surface area contributed by atoms with E-state index in [2.05, 4.69) is 30.1 Å². The Hall–Kier alpha value is -3.03. The van der Waals surface area contributed by atoms with E-state index in [1.807, 2.05) is 31.2 Å². The fourth-order valence-corrected chi connectivity index (χ4v) is 4.21. The van der Waals surface area contributed by atoms with E-state index in [-0.39, 0.29) is 25.3 Å². The number of hydrogen-bond acceptors (Lipinski definition) is 5. The highest BCUT2D eigenvalue weighted by atomic mass is 16.6. The Bertz CT molecular complexity index is 1080. The zero-order chi connectivity index (χ0) is 22.7. The van der Waals surface area contributed by atoms with Crippen LogP contribution in [0.25, 0.3) is 10.9 Å². The molecule has 170 valence electrons. The number of nitrogens with one attached hydrogen (secondary N) is 1. The monoisotopic (exact) mass is 438 g/mol. The summed E-state index contributed by atoms with van der Waals surface area (Å²) < 4.78 is 11.0. The highest BCUT2D eigenvalue weighted by molar-refractivity contribution is 5.86. The van der Waals surface area contributed by atoms with Crippen molar-refractivity contribution in [2.24, 2.45) is 0 Å². The summed E-state index contributed by atoms with van der Waals surface area (Å²) in [4.78, 5) is 18.2. The molecule has 32 heavy (non-hydrogen) atoms. The average molecular weight is 439 g/mol. The second-order valence-electron chi connectivity index (χ2n) is 8.24. The minimum atomic E-state index is -0.922. The molecule has 1 aliphatic heterocycles. The topological polar surface area (TPSA) is 95.0 Å². The predicted octanol–water partition coefficient (Wildman–Crippen LogP) is 3.70. The van der Waals surface area contributed by atoms with Crippen LogP contribution in [-0.2, 0) is 11.2 Å². The fraction of sp³-hybridized carbons (Fsp3) is 0.400. The van der Waals surface area contributed by atoms with E-state index in [1.54, 1.807) is 4.90 Å². The number of carbonyl (C=O) groups excluding carboxylic acids is 1. The number of aliphatic hydroxyl groups excluding tert-OH is 2. The zero-order valence-corrected chi connectivity index (χ0v) is 18.5. The van der Waals surface area contributed by atoms with Crippen molar-refractivity contribution in [3.05, 3.63) is 64.8 Å². The summed E-state index contributed by atoms with van der Waals surface area (Å²) >= 11 is 0. The van der Waals surface area contributed by atoms with Gasteiger partial charge in [0.25, 0.3) is 0 Å². The van der Waals surface area contributed by atoms with E-state index >= 15 is 0 Å². The van der Waals surface area contributed by atoms with Gasteiger partial charge in [0.1, 0.15) is 24.5 Å². The Kier molecular flexibility index (Phi) is 6.67. The van der Waals surface area contributed by atoms with Gasteiger partial charge in [-0.15, -0.1) is 0 Å². The summed E-state index contributed by atoms with van der Waals surface area (Å²) in [5.41, 5.74) is 5.45. The van der Waals surface area contributed by atoms with E-state index < -0.39 is 6.10 Å². The standard InChI is InChI=1S/C25H30N2O5/c1-3-12-31-25(30)27-11-10-20-21-13-16(2)4-9-22(21)26-23(20)24(27)17-5-7-19(8-6-17)32-15-18(29)14-28/h4-9,13,18,24,26,28-29H,3,10-12,14-15H2,1-2H3. The Morgan fingerprint density at radius 1 is 1.25 bits per heavy atom. The number of aliphatic hydroxyl groups is 2. The van der Waals surface area contributed by atoms with Gasteiger partial charge in [-0.25, -0.2) is 4.79 Å². The second kappa shape index (κ2) is 9.63. The number of fused-ring (bicyclic) bond motifs is 3. The number of carbonyl (C=O) groups is 1. The third-order valence-electron chi connectivity index (χ3n) is 5.80. The van der Waals surface area contributed by atoms with Crippen LogP contribution in [0.15, 0.2) is 42.5 Å². The molecule has 0 spiro atoms. The van der Waals surface area contributed by atoms with Crippen LogP contribution >= 0.6 is 0 Å². The summed E-state index contributed by atoms with van der Waals surface area (Å²) in [6.07, 6.45) is 0.293. The van der Waals surface area contributed by atoms with Crippen molar-refractivity contribution in [2.75, 3.05) is 26.4 Å². The maximum atomic E-state index is 12.9. The van der Waals surface area contributed by atoms with Crippen LogP contribution in [0.3, 0.4) is 0 Å². The molecule has 1 aliphatic rings. The van der Waals surface area contributed by atoms with Gasteiger partial charge in [0.05, 0.1) is 13.2 Å².